The minimum Gasteiger partial charge on any atom is -0.375 e. The Morgan fingerprint density at radius 2 is 2.28 bits per heavy atom. The minimum absolute atomic E-state index is 0.0716. The predicted octanol–water partition coefficient (Wildman–Crippen LogP) is 2.68. The van der Waals surface area contributed by atoms with Gasteiger partial charge in [-0.25, -0.2) is 0 Å². The highest BCUT2D eigenvalue weighted by Crippen LogP contribution is 2.45. The van der Waals surface area contributed by atoms with E-state index in [0.29, 0.717) is 23.1 Å². The zero-order chi connectivity index (χ0) is 12.9. The van der Waals surface area contributed by atoms with Gasteiger partial charge in [0.15, 0.2) is 0 Å². The Labute approximate surface area is 112 Å². The fourth-order valence-corrected chi connectivity index (χ4v) is 3.59. The molecule has 3 heterocycles. The van der Waals surface area contributed by atoms with Gasteiger partial charge in [-0.3, -0.25) is 4.68 Å². The zero-order valence-electron chi connectivity index (χ0n) is 10.8. The van der Waals surface area contributed by atoms with E-state index in [-0.39, 0.29) is 12.1 Å². The van der Waals surface area contributed by atoms with Crippen LogP contribution < -0.4 is 5.73 Å². The summed E-state index contributed by atoms with van der Waals surface area (Å²) in [6.07, 6.45) is 5.81. The SMILES string of the molecule is CC(C)n1ncc(Cl)c1C(N)C1CC2CCC1O2. The molecule has 2 aliphatic heterocycles. The Bertz CT molecular complexity index is 445. The molecule has 18 heavy (non-hydrogen) atoms. The van der Waals surface area contributed by atoms with Gasteiger partial charge in [-0.1, -0.05) is 11.6 Å². The molecule has 0 aliphatic carbocycles. The molecule has 0 aromatic carbocycles. The second-order valence-corrected chi connectivity index (χ2v) is 6.12. The standard InChI is InChI=1S/C13H20ClN3O/c1-7(2)17-13(10(14)6-16-17)12(15)9-5-8-3-4-11(9)18-8/h6-9,11-12H,3-5,15H2,1-2H3. The van der Waals surface area contributed by atoms with Gasteiger partial charge < -0.3 is 10.5 Å². The van der Waals surface area contributed by atoms with Crippen LogP contribution in [0.25, 0.3) is 0 Å². The molecule has 2 fully saturated rings. The lowest BCUT2D eigenvalue weighted by molar-refractivity contribution is 0.0878. The summed E-state index contributed by atoms with van der Waals surface area (Å²) < 4.78 is 7.83. The lowest BCUT2D eigenvalue weighted by atomic mass is 9.83. The maximum Gasteiger partial charge on any atom is 0.0834 e. The number of hydrogen-bond donors (Lipinski definition) is 1. The first-order valence-corrected chi connectivity index (χ1v) is 7.09. The van der Waals surface area contributed by atoms with Crippen molar-refractivity contribution >= 4 is 11.6 Å². The van der Waals surface area contributed by atoms with E-state index in [1.54, 1.807) is 6.20 Å². The summed E-state index contributed by atoms with van der Waals surface area (Å²) in [6, 6.07) is 0.204. The summed E-state index contributed by atoms with van der Waals surface area (Å²) in [4.78, 5) is 0. The van der Waals surface area contributed by atoms with Gasteiger partial charge in [0.05, 0.1) is 35.2 Å². The molecule has 2 saturated heterocycles. The fraction of sp³-hybridized carbons (Fsp3) is 0.769. The van der Waals surface area contributed by atoms with Crippen LogP contribution in [0.4, 0.5) is 0 Å². The first-order valence-electron chi connectivity index (χ1n) is 6.72. The molecule has 0 spiro atoms. The number of hydrogen-bond acceptors (Lipinski definition) is 3. The second-order valence-electron chi connectivity index (χ2n) is 5.72. The van der Waals surface area contributed by atoms with E-state index < -0.39 is 0 Å². The molecule has 0 saturated carbocycles. The quantitative estimate of drug-likeness (QED) is 0.918. The number of nitrogens with two attached hydrogens (primary N) is 1. The van der Waals surface area contributed by atoms with Crippen LogP contribution in [0.2, 0.25) is 5.02 Å². The highest BCUT2D eigenvalue weighted by Gasteiger charge is 2.44. The van der Waals surface area contributed by atoms with E-state index in [9.17, 15) is 0 Å². The Morgan fingerprint density at radius 3 is 2.83 bits per heavy atom. The first-order chi connectivity index (χ1) is 8.58. The lowest BCUT2D eigenvalue weighted by Crippen LogP contribution is -2.31. The third-order valence-electron chi connectivity index (χ3n) is 4.21. The summed E-state index contributed by atoms with van der Waals surface area (Å²) in [5.41, 5.74) is 7.41. The molecule has 0 amide bonds. The average Bonchev–Trinajstić information content (AvgIpc) is 3.01. The fourth-order valence-electron chi connectivity index (χ4n) is 3.33. The zero-order valence-corrected chi connectivity index (χ0v) is 11.6. The molecule has 4 atom stereocenters. The summed E-state index contributed by atoms with van der Waals surface area (Å²) >= 11 is 6.26. The van der Waals surface area contributed by atoms with Crippen molar-refractivity contribution in [1.82, 2.24) is 9.78 Å². The van der Waals surface area contributed by atoms with Crippen molar-refractivity contribution < 1.29 is 4.74 Å². The molecule has 4 unspecified atom stereocenters. The van der Waals surface area contributed by atoms with Gasteiger partial charge in [-0.15, -0.1) is 0 Å². The van der Waals surface area contributed by atoms with E-state index >= 15 is 0 Å². The molecule has 0 radical (unpaired) electrons. The number of halogens is 1. The van der Waals surface area contributed by atoms with Gasteiger partial charge in [-0.05, 0) is 33.1 Å². The molecule has 100 valence electrons. The highest BCUT2D eigenvalue weighted by atomic mass is 35.5. The molecule has 2 bridgehead atoms. The van der Waals surface area contributed by atoms with Gasteiger partial charge in [0, 0.05) is 12.0 Å². The maximum atomic E-state index is 6.45. The van der Waals surface area contributed by atoms with Crippen LogP contribution >= 0.6 is 11.6 Å². The predicted molar refractivity (Wildman–Crippen MR) is 70.6 cm³/mol. The van der Waals surface area contributed by atoms with Crippen LogP contribution in [0.5, 0.6) is 0 Å². The number of fused-ring (bicyclic) bond motifs is 2. The molecule has 3 rings (SSSR count). The summed E-state index contributed by atoms with van der Waals surface area (Å²) in [5.74, 6) is 0.385. The van der Waals surface area contributed by atoms with Crippen molar-refractivity contribution in [3.63, 3.8) is 0 Å². The monoisotopic (exact) mass is 269 g/mol. The Kier molecular flexibility index (Phi) is 3.12. The van der Waals surface area contributed by atoms with Gasteiger partial charge in [0.2, 0.25) is 0 Å². The molecule has 4 nitrogen and oxygen atoms in total. The van der Waals surface area contributed by atoms with E-state index in [4.69, 9.17) is 22.1 Å². The third kappa shape index (κ3) is 1.87. The van der Waals surface area contributed by atoms with E-state index in [2.05, 4.69) is 18.9 Å². The van der Waals surface area contributed by atoms with Crippen molar-refractivity contribution in [2.75, 3.05) is 0 Å². The topological polar surface area (TPSA) is 53.1 Å². The largest absolute Gasteiger partial charge is 0.375 e. The molecule has 1 aromatic heterocycles. The van der Waals surface area contributed by atoms with E-state index in [0.717, 1.165) is 18.5 Å². The summed E-state index contributed by atoms with van der Waals surface area (Å²) in [6.45, 7) is 4.19. The third-order valence-corrected chi connectivity index (χ3v) is 4.50. The number of aromatic nitrogens is 2. The minimum atomic E-state index is -0.0716. The molecular formula is C13H20ClN3O. The van der Waals surface area contributed by atoms with Crippen LogP contribution in [-0.4, -0.2) is 22.0 Å². The van der Waals surface area contributed by atoms with Crippen LogP contribution in [0, 0.1) is 5.92 Å². The van der Waals surface area contributed by atoms with Crippen LogP contribution in [0.1, 0.15) is 50.9 Å². The Morgan fingerprint density at radius 1 is 1.50 bits per heavy atom. The highest BCUT2D eigenvalue weighted by molar-refractivity contribution is 6.31. The van der Waals surface area contributed by atoms with Gasteiger partial charge >= 0.3 is 0 Å². The number of rotatable bonds is 3. The van der Waals surface area contributed by atoms with Crippen LogP contribution in [0.15, 0.2) is 6.20 Å². The van der Waals surface area contributed by atoms with Gasteiger partial charge in [0.25, 0.3) is 0 Å². The average molecular weight is 270 g/mol. The van der Waals surface area contributed by atoms with Crippen molar-refractivity contribution in [1.29, 1.82) is 0 Å². The van der Waals surface area contributed by atoms with E-state index in [1.807, 2.05) is 4.68 Å². The van der Waals surface area contributed by atoms with Crippen molar-refractivity contribution in [3.8, 4) is 0 Å². The molecule has 1 aromatic rings. The smallest absolute Gasteiger partial charge is 0.0834 e. The van der Waals surface area contributed by atoms with Crippen molar-refractivity contribution in [2.45, 2.75) is 57.4 Å². The van der Waals surface area contributed by atoms with Crippen molar-refractivity contribution in [3.05, 3.63) is 16.9 Å². The Balaban J connectivity index is 1.88. The van der Waals surface area contributed by atoms with Crippen LogP contribution in [0.3, 0.4) is 0 Å². The van der Waals surface area contributed by atoms with Gasteiger partial charge in [0.1, 0.15) is 0 Å². The molecular weight excluding hydrogens is 250 g/mol. The van der Waals surface area contributed by atoms with Crippen molar-refractivity contribution in [2.24, 2.45) is 11.7 Å². The first kappa shape index (κ1) is 12.5. The van der Waals surface area contributed by atoms with Gasteiger partial charge in [-0.2, -0.15) is 5.10 Å². The number of ether oxygens (including phenoxy) is 1. The molecule has 2 aliphatic rings. The van der Waals surface area contributed by atoms with E-state index in [1.165, 1.54) is 6.42 Å². The summed E-state index contributed by atoms with van der Waals surface area (Å²) in [5, 5.41) is 5.01. The second kappa shape index (κ2) is 4.51. The molecule has 5 heteroatoms. The lowest BCUT2D eigenvalue weighted by Gasteiger charge is -2.27. The Hall–Kier alpha value is -0.580. The molecule has 2 N–H and O–H groups in total. The summed E-state index contributed by atoms with van der Waals surface area (Å²) in [7, 11) is 0. The maximum absolute atomic E-state index is 6.45. The number of nitrogens with zero attached hydrogens (tertiary/aromatic N) is 2. The normalized spacial score (nSPS) is 32.4. The van der Waals surface area contributed by atoms with Crippen LogP contribution in [-0.2, 0) is 4.74 Å².